The number of hydrogen-bond donors (Lipinski definition) is 1. The molecule has 1 heterocycles. The summed E-state index contributed by atoms with van der Waals surface area (Å²) in [6, 6.07) is 30.0. The molecule has 4 rings (SSSR count). The summed E-state index contributed by atoms with van der Waals surface area (Å²) in [4.78, 5) is 2.29. The number of nitrogens with zero attached hydrogens (tertiary/aromatic N) is 2. The first-order valence-corrected chi connectivity index (χ1v) is 11.3. The van der Waals surface area contributed by atoms with Crippen LogP contribution in [0.25, 0.3) is 0 Å². The Hall–Kier alpha value is -2.90. The van der Waals surface area contributed by atoms with Gasteiger partial charge in [-0.2, -0.15) is 5.26 Å². The first-order valence-electron chi connectivity index (χ1n) is 10.9. The van der Waals surface area contributed by atoms with Crippen molar-refractivity contribution in [1.29, 1.82) is 5.26 Å². The van der Waals surface area contributed by atoms with E-state index in [4.69, 9.17) is 11.6 Å². The van der Waals surface area contributed by atoms with Gasteiger partial charge in [-0.15, -0.1) is 6.58 Å². The molecule has 1 saturated heterocycles. The Balaban J connectivity index is 1.84. The number of aliphatic hydroxyl groups excluding tert-OH is 1. The summed E-state index contributed by atoms with van der Waals surface area (Å²) in [5, 5.41) is 22.8. The number of aliphatic hydroxyl groups is 1. The molecule has 0 aliphatic carbocycles. The minimum atomic E-state index is -1.01. The quantitative estimate of drug-likeness (QED) is 0.459. The van der Waals surface area contributed by atoms with Crippen LogP contribution in [0.3, 0.4) is 0 Å². The van der Waals surface area contributed by atoms with Gasteiger partial charge in [0.1, 0.15) is 5.41 Å². The Kier molecular flexibility index (Phi) is 6.77. The highest BCUT2D eigenvalue weighted by molar-refractivity contribution is 6.30. The fraction of sp³-hybridized carbons (Fsp3) is 0.250. The van der Waals surface area contributed by atoms with Gasteiger partial charge < -0.3 is 5.11 Å². The van der Waals surface area contributed by atoms with Crippen LogP contribution >= 0.6 is 11.6 Å². The van der Waals surface area contributed by atoms with Gasteiger partial charge in [0, 0.05) is 17.6 Å². The van der Waals surface area contributed by atoms with E-state index in [1.807, 2.05) is 60.7 Å². The molecule has 4 atom stereocenters. The number of rotatable bonds is 7. The first kappa shape index (κ1) is 22.3. The number of nitriles is 1. The summed E-state index contributed by atoms with van der Waals surface area (Å²) in [5.41, 5.74) is 2.24. The second-order valence-electron chi connectivity index (χ2n) is 8.46. The van der Waals surface area contributed by atoms with Crippen molar-refractivity contribution in [3.05, 3.63) is 119 Å². The van der Waals surface area contributed by atoms with Gasteiger partial charge in [0.15, 0.2) is 0 Å². The third-order valence-electron chi connectivity index (χ3n) is 6.51. The topological polar surface area (TPSA) is 47.3 Å². The van der Waals surface area contributed by atoms with Crippen molar-refractivity contribution in [2.75, 3.05) is 0 Å². The lowest BCUT2D eigenvalue weighted by atomic mass is 9.73. The average molecular weight is 443 g/mol. The third kappa shape index (κ3) is 4.23. The molecule has 0 radical (unpaired) electrons. The summed E-state index contributed by atoms with van der Waals surface area (Å²) < 4.78 is 0. The second kappa shape index (κ2) is 9.71. The Morgan fingerprint density at radius 1 is 0.969 bits per heavy atom. The molecule has 0 aromatic heterocycles. The molecule has 1 N–H and O–H groups in total. The average Bonchev–Trinajstić information content (AvgIpc) is 3.04. The highest BCUT2D eigenvalue weighted by Crippen LogP contribution is 2.53. The molecule has 1 aliphatic heterocycles. The largest absolute Gasteiger partial charge is 0.390 e. The molecule has 4 heteroatoms. The molecular weight excluding hydrogens is 416 g/mol. The van der Waals surface area contributed by atoms with Crippen LogP contribution in [0, 0.1) is 16.7 Å². The number of hydrogen-bond acceptors (Lipinski definition) is 3. The van der Waals surface area contributed by atoms with Crippen LogP contribution in [-0.2, 0) is 13.0 Å². The summed E-state index contributed by atoms with van der Waals surface area (Å²) >= 11 is 6.17. The van der Waals surface area contributed by atoms with E-state index in [2.05, 4.69) is 41.8 Å². The van der Waals surface area contributed by atoms with E-state index in [0.29, 0.717) is 24.4 Å². The zero-order valence-electron chi connectivity index (χ0n) is 17.9. The van der Waals surface area contributed by atoms with Crippen LogP contribution in [0.1, 0.15) is 29.2 Å². The summed E-state index contributed by atoms with van der Waals surface area (Å²) in [6.45, 7) is 4.54. The zero-order chi connectivity index (χ0) is 22.6. The summed E-state index contributed by atoms with van der Waals surface area (Å²) in [5.74, 6) is 0. The lowest BCUT2D eigenvalue weighted by Gasteiger charge is -2.34. The van der Waals surface area contributed by atoms with Crippen molar-refractivity contribution in [1.82, 2.24) is 4.90 Å². The highest BCUT2D eigenvalue weighted by atomic mass is 35.5. The van der Waals surface area contributed by atoms with Crippen molar-refractivity contribution in [2.45, 2.75) is 37.6 Å². The normalized spacial score (nSPS) is 25.3. The number of likely N-dealkylation sites (tertiary alicyclic amines) is 1. The van der Waals surface area contributed by atoms with Gasteiger partial charge in [-0.1, -0.05) is 90.5 Å². The van der Waals surface area contributed by atoms with Gasteiger partial charge in [0.25, 0.3) is 0 Å². The lowest BCUT2D eigenvalue weighted by Crippen LogP contribution is -2.39. The van der Waals surface area contributed by atoms with Crippen molar-refractivity contribution in [2.24, 2.45) is 5.41 Å². The van der Waals surface area contributed by atoms with Gasteiger partial charge in [-0.25, -0.2) is 0 Å². The Morgan fingerprint density at radius 3 is 2.12 bits per heavy atom. The SMILES string of the molecule is C=CC[C@]1(C#N)[C@@H](O)[C@H](Cc2ccccc2)N(Cc2ccccc2)[C@@H]1c1ccc(Cl)cc1. The van der Waals surface area contributed by atoms with E-state index >= 15 is 0 Å². The van der Waals surface area contributed by atoms with Gasteiger partial charge in [-0.3, -0.25) is 4.90 Å². The van der Waals surface area contributed by atoms with E-state index < -0.39 is 11.5 Å². The molecule has 0 saturated carbocycles. The number of allylic oxidation sites excluding steroid dienone is 1. The molecule has 0 unspecified atom stereocenters. The van der Waals surface area contributed by atoms with Gasteiger partial charge in [0.05, 0.1) is 18.2 Å². The molecule has 3 aromatic rings. The van der Waals surface area contributed by atoms with Crippen LogP contribution in [0.2, 0.25) is 5.02 Å². The minimum absolute atomic E-state index is 0.224. The molecule has 0 spiro atoms. The van der Waals surface area contributed by atoms with Gasteiger partial charge >= 0.3 is 0 Å². The van der Waals surface area contributed by atoms with Crippen molar-refractivity contribution in [3.63, 3.8) is 0 Å². The molecule has 0 bridgehead atoms. The minimum Gasteiger partial charge on any atom is -0.390 e. The predicted molar refractivity (Wildman–Crippen MR) is 129 cm³/mol. The maximum Gasteiger partial charge on any atom is 0.108 e. The third-order valence-corrected chi connectivity index (χ3v) is 6.76. The monoisotopic (exact) mass is 442 g/mol. The summed E-state index contributed by atoms with van der Waals surface area (Å²) in [6.07, 6.45) is 1.96. The van der Waals surface area contributed by atoms with Crippen LogP contribution in [-0.4, -0.2) is 22.2 Å². The van der Waals surface area contributed by atoms with E-state index in [9.17, 15) is 10.4 Å². The Morgan fingerprint density at radius 2 is 1.56 bits per heavy atom. The van der Waals surface area contributed by atoms with Gasteiger partial charge in [-0.05, 0) is 41.7 Å². The number of benzene rings is 3. The maximum absolute atomic E-state index is 11.7. The smallest absolute Gasteiger partial charge is 0.108 e. The van der Waals surface area contributed by atoms with E-state index in [-0.39, 0.29) is 12.1 Å². The molecule has 3 nitrogen and oxygen atoms in total. The van der Waals surface area contributed by atoms with Crippen LogP contribution in [0.4, 0.5) is 0 Å². The Labute approximate surface area is 195 Å². The van der Waals surface area contributed by atoms with E-state index in [0.717, 1.165) is 16.7 Å². The molecule has 1 fully saturated rings. The maximum atomic E-state index is 11.7. The van der Waals surface area contributed by atoms with Crippen molar-refractivity contribution < 1.29 is 5.11 Å². The fourth-order valence-electron chi connectivity index (χ4n) is 5.04. The predicted octanol–water partition coefficient (Wildman–Crippen LogP) is 5.96. The van der Waals surface area contributed by atoms with Crippen molar-refractivity contribution >= 4 is 11.6 Å². The molecule has 162 valence electrons. The van der Waals surface area contributed by atoms with Crippen LogP contribution in [0.5, 0.6) is 0 Å². The summed E-state index contributed by atoms with van der Waals surface area (Å²) in [7, 11) is 0. The number of halogens is 1. The molecule has 32 heavy (non-hydrogen) atoms. The zero-order valence-corrected chi connectivity index (χ0v) is 18.7. The molecule has 3 aromatic carbocycles. The van der Waals surface area contributed by atoms with Crippen molar-refractivity contribution in [3.8, 4) is 6.07 Å². The van der Waals surface area contributed by atoms with E-state index in [1.54, 1.807) is 6.08 Å². The molecule has 1 aliphatic rings. The standard InChI is InChI=1S/C28H27ClN2O/c1-2-17-28(20-30)26(23-13-15-24(29)16-14-23)31(19-22-11-7-4-8-12-22)25(27(28)32)18-21-9-5-3-6-10-21/h2-16,25-27,32H,1,17-19H2/t25-,26+,27-,28+/m0/s1. The van der Waals surface area contributed by atoms with Crippen LogP contribution < -0.4 is 0 Å². The van der Waals surface area contributed by atoms with E-state index in [1.165, 1.54) is 0 Å². The second-order valence-corrected chi connectivity index (χ2v) is 8.90. The van der Waals surface area contributed by atoms with Gasteiger partial charge in [0.2, 0.25) is 0 Å². The van der Waals surface area contributed by atoms with Crippen LogP contribution in [0.15, 0.2) is 97.6 Å². The first-order chi connectivity index (χ1) is 15.6. The Bertz CT molecular complexity index is 1080. The highest BCUT2D eigenvalue weighted by Gasteiger charge is 2.59. The fourth-order valence-corrected chi connectivity index (χ4v) is 5.17. The lowest BCUT2D eigenvalue weighted by molar-refractivity contribution is 0.0690. The molecular formula is C28H27ClN2O. The molecule has 0 amide bonds.